The summed E-state index contributed by atoms with van der Waals surface area (Å²) in [5.41, 5.74) is 0.417. The first-order valence-corrected chi connectivity index (χ1v) is 10.3. The molecule has 2 N–H and O–H groups in total. The number of carbonyl (C=O) groups is 1. The number of rotatable bonds is 7. The van der Waals surface area contributed by atoms with E-state index in [0.717, 1.165) is 0 Å². The molecule has 0 saturated carbocycles. The summed E-state index contributed by atoms with van der Waals surface area (Å²) in [4.78, 5) is 22.3. The number of hydrogen-bond donors (Lipinski definition) is 2. The number of nitrogens with zero attached hydrogens (tertiary/aromatic N) is 1. The molecule has 0 aliphatic carbocycles. The molecule has 2 rings (SSSR count). The van der Waals surface area contributed by atoms with Gasteiger partial charge in [-0.3, -0.25) is 14.9 Å². The minimum Gasteiger partial charge on any atom is -0.348 e. The predicted octanol–water partition coefficient (Wildman–Crippen LogP) is 3.00. The summed E-state index contributed by atoms with van der Waals surface area (Å²) in [6.07, 6.45) is 2.80. The van der Waals surface area contributed by atoms with Gasteiger partial charge < -0.3 is 5.32 Å². The van der Waals surface area contributed by atoms with Crippen LogP contribution in [-0.4, -0.2) is 24.8 Å². The van der Waals surface area contributed by atoms with E-state index in [9.17, 15) is 23.3 Å². The van der Waals surface area contributed by atoms with Crippen LogP contribution in [0, 0.1) is 10.1 Å². The normalized spacial score (nSPS) is 12.1. The summed E-state index contributed by atoms with van der Waals surface area (Å²) >= 11 is 0. The van der Waals surface area contributed by atoms with Gasteiger partial charge in [0, 0.05) is 30.3 Å². The van der Waals surface area contributed by atoms with Crippen molar-refractivity contribution in [2.75, 3.05) is 0 Å². The Kier molecular flexibility index (Phi) is 6.89. The van der Waals surface area contributed by atoms with Crippen LogP contribution in [-0.2, 0) is 21.4 Å². The summed E-state index contributed by atoms with van der Waals surface area (Å²) in [5.74, 6) is -0.417. The van der Waals surface area contributed by atoms with Crippen LogP contribution in [0.1, 0.15) is 31.9 Å². The number of carbonyl (C=O) groups excluding carboxylic acids is 1. The second-order valence-corrected chi connectivity index (χ2v) is 9.01. The average Bonchev–Trinajstić information content (AvgIpc) is 2.63. The van der Waals surface area contributed by atoms with Gasteiger partial charge in [0.25, 0.3) is 5.69 Å². The molecule has 0 atom stereocenters. The Labute approximate surface area is 169 Å². The van der Waals surface area contributed by atoms with Gasteiger partial charge in [0.15, 0.2) is 0 Å². The molecule has 0 heterocycles. The topological polar surface area (TPSA) is 118 Å². The number of benzene rings is 2. The van der Waals surface area contributed by atoms with Crippen LogP contribution < -0.4 is 10.0 Å². The molecular formula is C20H23N3O5S. The van der Waals surface area contributed by atoms with Crippen molar-refractivity contribution in [3.63, 3.8) is 0 Å². The van der Waals surface area contributed by atoms with Crippen molar-refractivity contribution in [2.45, 2.75) is 37.8 Å². The summed E-state index contributed by atoms with van der Waals surface area (Å²) in [5, 5.41) is 13.3. The Morgan fingerprint density at radius 2 is 1.72 bits per heavy atom. The van der Waals surface area contributed by atoms with Gasteiger partial charge in [-0.25, -0.2) is 13.1 Å². The highest BCUT2D eigenvalue weighted by molar-refractivity contribution is 7.89. The van der Waals surface area contributed by atoms with E-state index in [4.69, 9.17) is 0 Å². The summed E-state index contributed by atoms with van der Waals surface area (Å²) in [6, 6.07) is 12.2. The zero-order valence-corrected chi connectivity index (χ0v) is 17.2. The number of sulfonamides is 1. The largest absolute Gasteiger partial charge is 0.348 e. The lowest BCUT2D eigenvalue weighted by molar-refractivity contribution is -0.384. The van der Waals surface area contributed by atoms with E-state index >= 15 is 0 Å². The zero-order valence-electron chi connectivity index (χ0n) is 16.4. The molecule has 29 heavy (non-hydrogen) atoms. The fourth-order valence-corrected chi connectivity index (χ4v) is 4.15. The molecule has 9 heteroatoms. The van der Waals surface area contributed by atoms with Gasteiger partial charge >= 0.3 is 0 Å². The van der Waals surface area contributed by atoms with Gasteiger partial charge in [0.2, 0.25) is 15.9 Å². The van der Waals surface area contributed by atoms with Crippen molar-refractivity contribution in [2.24, 2.45) is 0 Å². The first-order valence-electron chi connectivity index (χ1n) is 8.80. The Morgan fingerprint density at radius 3 is 2.31 bits per heavy atom. The molecule has 1 amide bonds. The molecule has 0 spiro atoms. The molecule has 2 aromatic carbocycles. The Bertz CT molecular complexity index is 1020. The lowest BCUT2D eigenvalue weighted by atomic mass is 10.1. The average molecular weight is 417 g/mol. The number of nitrogens with one attached hydrogen (secondary N) is 2. The van der Waals surface area contributed by atoms with Gasteiger partial charge in [-0.15, -0.1) is 0 Å². The molecule has 0 bridgehead atoms. The molecule has 0 fully saturated rings. The van der Waals surface area contributed by atoms with Crippen LogP contribution in [0.2, 0.25) is 0 Å². The van der Waals surface area contributed by atoms with E-state index < -0.39 is 26.4 Å². The van der Waals surface area contributed by atoms with E-state index in [1.807, 2.05) is 0 Å². The summed E-state index contributed by atoms with van der Waals surface area (Å²) in [7, 11) is -3.74. The van der Waals surface area contributed by atoms with Crippen LogP contribution >= 0.6 is 0 Å². The SMILES string of the molecule is CC(C)(C)NS(=O)(=O)c1ccccc1CNC(=O)C=Cc1ccc([N+](=O)[O-])cc1. The number of nitro benzene ring substituents is 1. The molecule has 154 valence electrons. The second kappa shape index (κ2) is 8.97. The van der Waals surface area contributed by atoms with Gasteiger partial charge in [-0.05, 0) is 56.2 Å². The third-order valence-corrected chi connectivity index (χ3v) is 5.55. The molecule has 0 unspecified atom stereocenters. The van der Waals surface area contributed by atoms with E-state index in [1.165, 1.54) is 42.5 Å². The smallest absolute Gasteiger partial charge is 0.269 e. The monoisotopic (exact) mass is 417 g/mol. The lowest BCUT2D eigenvalue weighted by Gasteiger charge is -2.21. The molecule has 2 aromatic rings. The lowest BCUT2D eigenvalue weighted by Crippen LogP contribution is -2.41. The van der Waals surface area contributed by atoms with Crippen molar-refractivity contribution >= 4 is 27.7 Å². The van der Waals surface area contributed by atoms with Gasteiger partial charge in [-0.2, -0.15) is 0 Å². The highest BCUT2D eigenvalue weighted by Gasteiger charge is 2.24. The number of nitro groups is 1. The molecule has 0 aliphatic heterocycles. The van der Waals surface area contributed by atoms with E-state index in [-0.39, 0.29) is 17.1 Å². The Balaban J connectivity index is 2.06. The van der Waals surface area contributed by atoms with Crippen molar-refractivity contribution < 1.29 is 18.1 Å². The highest BCUT2D eigenvalue weighted by Crippen LogP contribution is 2.18. The number of non-ortho nitro benzene ring substituents is 1. The molecular weight excluding hydrogens is 394 g/mol. The standard InChI is InChI=1S/C20H23N3O5S/c1-20(2,3)22-29(27,28)18-7-5-4-6-16(18)14-21-19(24)13-10-15-8-11-17(12-9-15)23(25)26/h4-13,22H,14H2,1-3H3,(H,21,24). The first kappa shape index (κ1) is 22.3. The highest BCUT2D eigenvalue weighted by atomic mass is 32.2. The first-order chi connectivity index (χ1) is 13.5. The van der Waals surface area contributed by atoms with Crippen molar-refractivity contribution in [3.8, 4) is 0 Å². The third kappa shape index (κ3) is 6.81. The fraction of sp³-hybridized carbons (Fsp3) is 0.250. The van der Waals surface area contributed by atoms with Crippen molar-refractivity contribution in [1.82, 2.24) is 10.0 Å². The predicted molar refractivity (Wildman–Crippen MR) is 110 cm³/mol. The fourth-order valence-electron chi connectivity index (χ4n) is 2.49. The van der Waals surface area contributed by atoms with Crippen LogP contribution in [0.25, 0.3) is 6.08 Å². The second-order valence-electron chi connectivity index (χ2n) is 7.36. The zero-order chi connectivity index (χ0) is 21.7. The quantitative estimate of drug-likeness (QED) is 0.408. The Hall–Kier alpha value is -3.04. The third-order valence-electron chi connectivity index (χ3n) is 3.69. The van der Waals surface area contributed by atoms with Gasteiger partial charge in [0.1, 0.15) is 0 Å². The molecule has 0 saturated heterocycles. The maximum Gasteiger partial charge on any atom is 0.269 e. The molecule has 8 nitrogen and oxygen atoms in total. The maximum atomic E-state index is 12.6. The number of hydrogen-bond acceptors (Lipinski definition) is 5. The molecule has 0 aliphatic rings. The van der Waals surface area contributed by atoms with Crippen LogP contribution in [0.15, 0.2) is 59.5 Å². The van der Waals surface area contributed by atoms with E-state index in [0.29, 0.717) is 11.1 Å². The maximum absolute atomic E-state index is 12.6. The minimum atomic E-state index is -3.74. The number of amides is 1. The van der Waals surface area contributed by atoms with E-state index in [1.54, 1.807) is 39.0 Å². The van der Waals surface area contributed by atoms with Crippen LogP contribution in [0.5, 0.6) is 0 Å². The van der Waals surface area contributed by atoms with Crippen molar-refractivity contribution in [1.29, 1.82) is 0 Å². The summed E-state index contributed by atoms with van der Waals surface area (Å²) in [6.45, 7) is 5.28. The molecule has 0 aromatic heterocycles. The van der Waals surface area contributed by atoms with Gasteiger partial charge in [-0.1, -0.05) is 18.2 Å². The van der Waals surface area contributed by atoms with Gasteiger partial charge in [0.05, 0.1) is 9.82 Å². The Morgan fingerprint density at radius 1 is 1.10 bits per heavy atom. The van der Waals surface area contributed by atoms with Crippen LogP contribution in [0.3, 0.4) is 0 Å². The molecule has 0 radical (unpaired) electrons. The van der Waals surface area contributed by atoms with Crippen LogP contribution in [0.4, 0.5) is 5.69 Å². The van der Waals surface area contributed by atoms with E-state index in [2.05, 4.69) is 10.0 Å². The van der Waals surface area contributed by atoms with Crippen molar-refractivity contribution in [3.05, 3.63) is 75.8 Å². The summed E-state index contributed by atoms with van der Waals surface area (Å²) < 4.78 is 27.8. The minimum absolute atomic E-state index is 0.0324.